The second-order valence-electron chi connectivity index (χ2n) is 14.8. The molecule has 4 rings (SSSR count). The highest BCUT2D eigenvalue weighted by molar-refractivity contribution is 5.96. The van der Waals surface area contributed by atoms with Crippen molar-refractivity contribution in [2.45, 2.75) is 143 Å². The topological polar surface area (TPSA) is 130 Å². The van der Waals surface area contributed by atoms with Crippen LogP contribution < -0.4 is 0 Å². The van der Waals surface area contributed by atoms with Crippen molar-refractivity contribution in [2.24, 2.45) is 28.6 Å². The first-order chi connectivity index (χ1) is 21.2. The molecule has 8 nitrogen and oxygen atoms in total. The number of rotatable bonds is 14. The van der Waals surface area contributed by atoms with E-state index >= 15 is 0 Å². The largest absolute Gasteiger partial charge is 0.458 e. The maximum Gasteiger partial charge on any atom is 0.334 e. The minimum absolute atomic E-state index is 0.0938. The van der Waals surface area contributed by atoms with Gasteiger partial charge >= 0.3 is 11.9 Å². The van der Waals surface area contributed by atoms with Gasteiger partial charge in [-0.3, -0.25) is 9.59 Å². The third kappa shape index (κ3) is 5.67. The summed E-state index contributed by atoms with van der Waals surface area (Å²) in [5.74, 6) is -3.08. The lowest BCUT2D eigenvalue weighted by molar-refractivity contribution is -0.203. The maximum atomic E-state index is 14.8. The number of carbonyl (C=O) groups is 3. The molecule has 8 heteroatoms. The van der Waals surface area contributed by atoms with Crippen molar-refractivity contribution in [1.82, 2.24) is 0 Å². The predicted molar refractivity (Wildman–Crippen MR) is 172 cm³/mol. The van der Waals surface area contributed by atoms with Crippen LogP contribution in [0.2, 0.25) is 0 Å². The van der Waals surface area contributed by atoms with Gasteiger partial charge in [-0.25, -0.2) is 4.79 Å². The van der Waals surface area contributed by atoms with E-state index in [9.17, 15) is 29.7 Å². The van der Waals surface area contributed by atoms with E-state index in [-0.39, 0.29) is 17.3 Å². The van der Waals surface area contributed by atoms with Crippen molar-refractivity contribution >= 4 is 17.7 Å². The van der Waals surface area contributed by atoms with Gasteiger partial charge in [-0.05, 0) is 50.7 Å². The molecular weight excluding hydrogens is 572 g/mol. The van der Waals surface area contributed by atoms with Crippen molar-refractivity contribution in [3.63, 3.8) is 0 Å². The molecule has 45 heavy (non-hydrogen) atoms. The molecule has 2 bridgehead atoms. The first kappa shape index (κ1) is 35.6. The number of ether oxygens (including phenoxy) is 2. The monoisotopic (exact) mass is 628 g/mol. The minimum atomic E-state index is -2.26. The third-order valence-corrected chi connectivity index (χ3v) is 11.8. The van der Waals surface area contributed by atoms with Gasteiger partial charge in [-0.2, -0.15) is 0 Å². The van der Waals surface area contributed by atoms with Crippen molar-refractivity contribution in [2.75, 3.05) is 6.61 Å². The summed E-state index contributed by atoms with van der Waals surface area (Å²) in [5, 5.41) is 34.8. The fourth-order valence-corrected chi connectivity index (χ4v) is 9.05. The predicted octanol–water partition coefficient (Wildman–Crippen LogP) is 5.92. The number of hydrogen-bond acceptors (Lipinski definition) is 8. The average Bonchev–Trinajstić information content (AvgIpc) is 3.40. The molecule has 0 aliphatic heterocycles. The molecule has 0 aromatic rings. The summed E-state index contributed by atoms with van der Waals surface area (Å²) >= 11 is 0. The van der Waals surface area contributed by atoms with Gasteiger partial charge in [-0.1, -0.05) is 97.3 Å². The van der Waals surface area contributed by atoms with Gasteiger partial charge in [-0.15, -0.1) is 0 Å². The molecule has 0 aromatic carbocycles. The summed E-state index contributed by atoms with van der Waals surface area (Å²) in [6.07, 6.45) is 12.7. The maximum absolute atomic E-state index is 14.8. The summed E-state index contributed by atoms with van der Waals surface area (Å²) in [6, 6.07) is 0. The van der Waals surface area contributed by atoms with Crippen LogP contribution in [0.25, 0.3) is 0 Å². The summed E-state index contributed by atoms with van der Waals surface area (Å²) in [5.41, 5.74) is -4.52. The number of ketones is 1. The van der Waals surface area contributed by atoms with Crippen molar-refractivity contribution < 1.29 is 39.2 Å². The zero-order valence-electron chi connectivity index (χ0n) is 28.5. The summed E-state index contributed by atoms with van der Waals surface area (Å²) in [7, 11) is 0. The molecular formula is C37H56O8. The number of aliphatic hydroxyl groups excluding tert-OH is 2. The Hall–Kier alpha value is -2.29. The quantitative estimate of drug-likeness (QED) is 0.0936. The van der Waals surface area contributed by atoms with Crippen molar-refractivity contribution in [3.8, 4) is 0 Å². The highest BCUT2D eigenvalue weighted by Gasteiger charge is 2.83. The van der Waals surface area contributed by atoms with Crippen molar-refractivity contribution in [3.05, 3.63) is 34.9 Å². The van der Waals surface area contributed by atoms with Crippen LogP contribution in [0.1, 0.15) is 119 Å². The van der Waals surface area contributed by atoms with Crippen LogP contribution >= 0.6 is 0 Å². The Bertz CT molecular complexity index is 1240. The average molecular weight is 629 g/mol. The van der Waals surface area contributed by atoms with E-state index in [2.05, 4.69) is 6.92 Å². The summed E-state index contributed by atoms with van der Waals surface area (Å²) in [6.45, 7) is 12.4. The van der Waals surface area contributed by atoms with Crippen LogP contribution in [0.15, 0.2) is 34.9 Å². The van der Waals surface area contributed by atoms with Crippen LogP contribution in [-0.4, -0.2) is 63.1 Å². The minimum Gasteiger partial charge on any atom is -0.458 e. The zero-order chi connectivity index (χ0) is 33.4. The van der Waals surface area contributed by atoms with Crippen LogP contribution in [-0.2, 0) is 23.9 Å². The fraction of sp³-hybridized carbons (Fsp3) is 0.757. The molecule has 3 N–H and O–H groups in total. The van der Waals surface area contributed by atoms with Gasteiger partial charge in [0.25, 0.3) is 0 Å². The highest BCUT2D eigenvalue weighted by Crippen LogP contribution is 2.75. The number of hydrogen-bond donors (Lipinski definition) is 3. The van der Waals surface area contributed by atoms with Crippen LogP contribution in [0, 0.1) is 28.6 Å². The van der Waals surface area contributed by atoms with Crippen molar-refractivity contribution in [1.29, 1.82) is 0 Å². The van der Waals surface area contributed by atoms with E-state index in [1.165, 1.54) is 38.5 Å². The molecule has 0 saturated heterocycles. The standard InChI is InChI=1S/C37H56O8/c1-8-10-11-12-13-14-15-16-17-18-28(39)45-36-21-25(5)35-20-24(4)32(44-33(42)23(3)9-2)37(35,43)30(40)26(22-38)19-27(31(35)41)29(36)34(36,6)7/h9,19-20,25,27,29-30,32,38,40,43H,8,10-18,21-22H2,1-7H3/b23-9-/t25-,27?,29-,30?,32+,35?,36+,37+/m1/s1. The molecule has 2 saturated carbocycles. The Morgan fingerprint density at radius 1 is 1.07 bits per heavy atom. The Morgan fingerprint density at radius 3 is 2.24 bits per heavy atom. The summed E-state index contributed by atoms with van der Waals surface area (Å²) in [4.78, 5) is 41.1. The molecule has 8 atom stereocenters. The van der Waals surface area contributed by atoms with Crippen LogP contribution in [0.5, 0.6) is 0 Å². The lowest BCUT2D eigenvalue weighted by Crippen LogP contribution is -2.66. The number of Topliss-reactive ketones (excluding diaryl/α,β-unsaturated/α-hetero) is 1. The van der Waals surface area contributed by atoms with Crippen LogP contribution in [0.3, 0.4) is 0 Å². The number of allylic oxidation sites excluding steroid dienone is 2. The zero-order valence-corrected chi connectivity index (χ0v) is 28.5. The van der Waals surface area contributed by atoms with Crippen LogP contribution in [0.4, 0.5) is 0 Å². The number of fused-ring (bicyclic) bond motifs is 3. The molecule has 2 fully saturated rings. The van der Waals surface area contributed by atoms with E-state index in [0.717, 1.165) is 19.3 Å². The lowest BCUT2D eigenvalue weighted by Gasteiger charge is -2.49. The second kappa shape index (κ2) is 13.4. The second-order valence-corrected chi connectivity index (χ2v) is 14.8. The SMILES string of the molecule is C/C=C(/C)C(=O)O[C@H]1C(C)=CC23C(=O)C(C=C(CO)C(O)[C@]12O)[C@@H]1C(C)(C)[C@]1(OC(=O)CCCCCCCCCCC)C[C@H]3C. The van der Waals surface area contributed by atoms with Gasteiger partial charge in [0.2, 0.25) is 0 Å². The van der Waals surface area contributed by atoms with Gasteiger partial charge in [0.15, 0.2) is 17.5 Å². The Kier molecular flexibility index (Phi) is 10.6. The van der Waals surface area contributed by atoms with Gasteiger partial charge in [0.1, 0.15) is 11.7 Å². The van der Waals surface area contributed by atoms with Gasteiger partial charge < -0.3 is 24.8 Å². The molecule has 0 radical (unpaired) electrons. The highest BCUT2D eigenvalue weighted by atomic mass is 16.6. The van der Waals surface area contributed by atoms with E-state index in [1.807, 2.05) is 20.8 Å². The van der Waals surface area contributed by atoms with E-state index < -0.39 is 64.6 Å². The smallest absolute Gasteiger partial charge is 0.334 e. The molecule has 252 valence electrons. The van der Waals surface area contributed by atoms with E-state index in [0.29, 0.717) is 24.0 Å². The molecule has 0 aromatic heterocycles. The number of carbonyl (C=O) groups excluding carboxylic acids is 3. The third-order valence-electron chi connectivity index (χ3n) is 11.8. The molecule has 1 spiro atoms. The summed E-state index contributed by atoms with van der Waals surface area (Å²) < 4.78 is 12.2. The normalized spacial score (nSPS) is 36.6. The molecule has 4 aliphatic carbocycles. The molecule has 4 aliphatic rings. The number of esters is 2. The van der Waals surface area contributed by atoms with Gasteiger partial charge in [0, 0.05) is 29.2 Å². The van der Waals surface area contributed by atoms with E-state index in [1.54, 1.807) is 39.0 Å². The number of unbranched alkanes of at least 4 members (excludes halogenated alkanes) is 8. The number of aliphatic hydroxyl groups is 3. The Balaban J connectivity index is 1.60. The molecule has 3 unspecified atom stereocenters. The van der Waals surface area contributed by atoms with E-state index in [4.69, 9.17) is 9.47 Å². The lowest BCUT2D eigenvalue weighted by atomic mass is 9.59. The Labute approximate surface area is 269 Å². The Morgan fingerprint density at radius 2 is 1.67 bits per heavy atom. The van der Waals surface area contributed by atoms with Gasteiger partial charge in [0.05, 0.1) is 12.0 Å². The first-order valence-electron chi connectivity index (χ1n) is 17.2. The molecule has 0 heterocycles. The molecule has 0 amide bonds. The fourth-order valence-electron chi connectivity index (χ4n) is 9.05. The first-order valence-corrected chi connectivity index (χ1v) is 17.2.